The highest BCUT2D eigenvalue weighted by Crippen LogP contribution is 2.21. The monoisotopic (exact) mass is 342 g/mol. The first-order valence-electron chi connectivity index (χ1n) is 7.65. The third-order valence-electron chi connectivity index (χ3n) is 3.68. The number of nitrogens with zero attached hydrogens (tertiary/aromatic N) is 1. The molecule has 0 radical (unpaired) electrons. The summed E-state index contributed by atoms with van der Waals surface area (Å²) >= 11 is 0. The fourth-order valence-electron chi connectivity index (χ4n) is 2.49. The molecule has 2 aromatic rings. The fraction of sp³-hybridized carbons (Fsp3) is 0.222. The molecule has 0 aliphatic carbocycles. The lowest BCUT2D eigenvalue weighted by atomic mass is 9.95. The van der Waals surface area contributed by atoms with Gasteiger partial charge in [-0.05, 0) is 17.7 Å². The summed E-state index contributed by atoms with van der Waals surface area (Å²) in [6.07, 6.45) is -0.161. The number of carbonyl (C=O) groups is 2. The number of hydrogen-bond donors (Lipinski definition) is 1. The predicted octanol–water partition coefficient (Wildman–Crippen LogP) is 2.40. The summed E-state index contributed by atoms with van der Waals surface area (Å²) in [5.41, 5.74) is 0.906. The maximum atomic E-state index is 12.2. The molecule has 1 atom stereocenters. The SMILES string of the molecule is COc1ccccc1C(=O)NC(=O)C[C@H](C[N+](=O)[O-])c1ccccc1. The first kappa shape index (κ1) is 18.1. The Morgan fingerprint density at radius 3 is 2.40 bits per heavy atom. The van der Waals surface area contributed by atoms with Crippen molar-refractivity contribution in [3.63, 3.8) is 0 Å². The van der Waals surface area contributed by atoms with Crippen molar-refractivity contribution in [3.8, 4) is 5.75 Å². The standard InChI is InChI=1S/C18H18N2O5/c1-25-16-10-6-5-9-15(16)18(22)19-17(21)11-14(12-20(23)24)13-7-3-2-4-8-13/h2-10,14H,11-12H2,1H3,(H,19,21,22)/t14-/m1/s1. The molecular weight excluding hydrogens is 324 g/mol. The van der Waals surface area contributed by atoms with Gasteiger partial charge in [-0.3, -0.25) is 25.0 Å². The molecule has 0 unspecified atom stereocenters. The van der Waals surface area contributed by atoms with Gasteiger partial charge in [0.15, 0.2) is 0 Å². The Kier molecular flexibility index (Phi) is 6.22. The fourth-order valence-corrected chi connectivity index (χ4v) is 2.49. The van der Waals surface area contributed by atoms with Crippen LogP contribution >= 0.6 is 0 Å². The first-order chi connectivity index (χ1) is 12.0. The van der Waals surface area contributed by atoms with Crippen LogP contribution in [0.3, 0.4) is 0 Å². The number of benzene rings is 2. The lowest BCUT2D eigenvalue weighted by molar-refractivity contribution is -0.483. The molecule has 2 rings (SSSR count). The minimum absolute atomic E-state index is 0.161. The Labute approximate surface area is 144 Å². The summed E-state index contributed by atoms with van der Waals surface area (Å²) < 4.78 is 5.09. The predicted molar refractivity (Wildman–Crippen MR) is 91.1 cm³/mol. The summed E-state index contributed by atoms with van der Waals surface area (Å²) in [6, 6.07) is 15.2. The lowest BCUT2D eigenvalue weighted by Gasteiger charge is -2.13. The highest BCUT2D eigenvalue weighted by molar-refractivity contribution is 6.06. The minimum Gasteiger partial charge on any atom is -0.496 e. The number of hydrogen-bond acceptors (Lipinski definition) is 5. The third-order valence-corrected chi connectivity index (χ3v) is 3.68. The van der Waals surface area contributed by atoms with Gasteiger partial charge in [0.25, 0.3) is 5.91 Å². The van der Waals surface area contributed by atoms with Gasteiger partial charge in [0.2, 0.25) is 12.5 Å². The van der Waals surface area contributed by atoms with Crippen LogP contribution in [0.5, 0.6) is 5.75 Å². The Bertz CT molecular complexity index is 761. The highest BCUT2D eigenvalue weighted by atomic mass is 16.6. The molecule has 0 aliphatic rings. The third kappa shape index (κ3) is 5.13. The minimum atomic E-state index is -0.610. The van der Waals surface area contributed by atoms with Gasteiger partial charge in [-0.15, -0.1) is 0 Å². The first-order valence-corrected chi connectivity index (χ1v) is 7.65. The molecule has 0 aromatic heterocycles. The van der Waals surface area contributed by atoms with Gasteiger partial charge in [-0.2, -0.15) is 0 Å². The average molecular weight is 342 g/mol. The molecule has 0 bridgehead atoms. The summed E-state index contributed by atoms with van der Waals surface area (Å²) in [5.74, 6) is -1.44. The molecule has 2 aromatic carbocycles. The summed E-state index contributed by atoms with van der Waals surface area (Å²) in [6.45, 7) is -0.389. The molecule has 25 heavy (non-hydrogen) atoms. The Balaban J connectivity index is 2.08. The van der Waals surface area contributed by atoms with Crippen molar-refractivity contribution in [2.24, 2.45) is 0 Å². The zero-order chi connectivity index (χ0) is 18.2. The van der Waals surface area contributed by atoms with E-state index in [4.69, 9.17) is 4.74 Å². The summed E-state index contributed by atoms with van der Waals surface area (Å²) in [4.78, 5) is 34.8. The Morgan fingerprint density at radius 1 is 1.12 bits per heavy atom. The van der Waals surface area contributed by atoms with Crippen LogP contribution in [0, 0.1) is 10.1 Å². The average Bonchev–Trinajstić information content (AvgIpc) is 2.61. The zero-order valence-electron chi connectivity index (χ0n) is 13.7. The molecule has 0 fully saturated rings. The number of nitro groups is 1. The van der Waals surface area contributed by atoms with E-state index in [2.05, 4.69) is 5.32 Å². The number of amides is 2. The van der Waals surface area contributed by atoms with E-state index in [1.807, 2.05) is 0 Å². The van der Waals surface area contributed by atoms with Crippen molar-refractivity contribution in [1.82, 2.24) is 5.32 Å². The van der Waals surface area contributed by atoms with Gasteiger partial charge in [-0.25, -0.2) is 0 Å². The van der Waals surface area contributed by atoms with E-state index >= 15 is 0 Å². The number of methoxy groups -OCH3 is 1. The molecule has 130 valence electrons. The second-order valence-corrected chi connectivity index (χ2v) is 5.40. The molecule has 0 saturated carbocycles. The Hall–Kier alpha value is -3.22. The van der Waals surface area contributed by atoms with E-state index in [0.717, 1.165) is 0 Å². The smallest absolute Gasteiger partial charge is 0.261 e. The zero-order valence-corrected chi connectivity index (χ0v) is 13.7. The number of rotatable bonds is 7. The van der Waals surface area contributed by atoms with Gasteiger partial charge >= 0.3 is 0 Å². The van der Waals surface area contributed by atoms with E-state index in [-0.39, 0.29) is 18.5 Å². The number of ether oxygens (including phenoxy) is 1. The largest absolute Gasteiger partial charge is 0.496 e. The van der Waals surface area contributed by atoms with E-state index in [1.54, 1.807) is 48.5 Å². The molecule has 0 heterocycles. The van der Waals surface area contributed by atoms with E-state index in [9.17, 15) is 19.7 Å². The maximum Gasteiger partial charge on any atom is 0.261 e. The topological polar surface area (TPSA) is 98.5 Å². The van der Waals surface area contributed by atoms with Crippen LogP contribution in [0.1, 0.15) is 28.3 Å². The molecule has 2 amide bonds. The molecule has 7 nitrogen and oxygen atoms in total. The van der Waals surface area contributed by atoms with Gasteiger partial charge in [0.05, 0.1) is 18.6 Å². The van der Waals surface area contributed by atoms with Crippen LogP contribution in [0.2, 0.25) is 0 Å². The number of imide groups is 1. The molecule has 0 saturated heterocycles. The molecule has 0 aliphatic heterocycles. The van der Waals surface area contributed by atoms with Crippen molar-refractivity contribution < 1.29 is 19.2 Å². The van der Waals surface area contributed by atoms with Gasteiger partial charge < -0.3 is 4.74 Å². The van der Waals surface area contributed by atoms with E-state index in [1.165, 1.54) is 13.2 Å². The maximum absolute atomic E-state index is 12.2. The lowest BCUT2D eigenvalue weighted by Crippen LogP contribution is -2.32. The molecule has 1 N–H and O–H groups in total. The van der Waals surface area contributed by atoms with Gasteiger partial charge in [0.1, 0.15) is 5.75 Å². The van der Waals surface area contributed by atoms with Crippen molar-refractivity contribution in [2.45, 2.75) is 12.3 Å². The molecule has 7 heteroatoms. The van der Waals surface area contributed by atoms with Crippen LogP contribution in [0.15, 0.2) is 54.6 Å². The summed E-state index contributed by atoms with van der Waals surface area (Å²) in [5, 5.41) is 13.1. The quantitative estimate of drug-likeness (QED) is 0.615. The second kappa shape index (κ2) is 8.58. The highest BCUT2D eigenvalue weighted by Gasteiger charge is 2.23. The van der Waals surface area contributed by atoms with Gasteiger partial charge in [0, 0.05) is 11.3 Å². The molecule has 0 spiro atoms. The summed E-state index contributed by atoms with van der Waals surface area (Å²) in [7, 11) is 1.43. The number of para-hydroxylation sites is 1. The van der Waals surface area contributed by atoms with Crippen LogP contribution in [-0.2, 0) is 4.79 Å². The number of carbonyl (C=O) groups excluding carboxylic acids is 2. The van der Waals surface area contributed by atoms with Crippen LogP contribution in [-0.4, -0.2) is 30.4 Å². The van der Waals surface area contributed by atoms with Crippen molar-refractivity contribution in [1.29, 1.82) is 0 Å². The van der Waals surface area contributed by atoms with Gasteiger partial charge in [-0.1, -0.05) is 42.5 Å². The van der Waals surface area contributed by atoms with E-state index < -0.39 is 22.7 Å². The second-order valence-electron chi connectivity index (χ2n) is 5.40. The van der Waals surface area contributed by atoms with Crippen LogP contribution in [0.4, 0.5) is 0 Å². The normalized spacial score (nSPS) is 11.4. The van der Waals surface area contributed by atoms with Crippen LogP contribution < -0.4 is 10.1 Å². The number of nitrogens with one attached hydrogen (secondary N) is 1. The van der Waals surface area contributed by atoms with Crippen molar-refractivity contribution >= 4 is 11.8 Å². The van der Waals surface area contributed by atoms with Crippen LogP contribution in [0.25, 0.3) is 0 Å². The van der Waals surface area contributed by atoms with E-state index in [0.29, 0.717) is 11.3 Å². The van der Waals surface area contributed by atoms with Crippen molar-refractivity contribution in [3.05, 3.63) is 75.8 Å². The van der Waals surface area contributed by atoms with Crippen molar-refractivity contribution in [2.75, 3.05) is 13.7 Å². The Morgan fingerprint density at radius 2 is 1.76 bits per heavy atom. The molecular formula is C18H18N2O5.